The smallest absolute Gasteiger partial charge is 0.296 e. The molecule has 0 fully saturated rings. The molecule has 0 spiro atoms. The quantitative estimate of drug-likeness (QED) is 0.0541. The molecule has 5 aromatic rings. The zero-order valence-electron chi connectivity index (χ0n) is 30.4. The molecule has 2 atom stereocenters. The van der Waals surface area contributed by atoms with Crippen LogP contribution in [0.1, 0.15) is 60.2 Å². The van der Waals surface area contributed by atoms with Gasteiger partial charge in [0, 0.05) is 29.8 Å². The Morgan fingerprint density at radius 3 is 2.42 bits per heavy atom. The normalized spacial score (nSPS) is 15.3. The number of halogens is 8. The number of alkyl halides is 5. The van der Waals surface area contributed by atoms with Crippen LogP contribution in [0.4, 0.5) is 32.2 Å². The van der Waals surface area contributed by atoms with Gasteiger partial charge in [0.15, 0.2) is 5.82 Å². The highest BCUT2D eigenvalue weighted by molar-refractivity contribution is 9.09. The number of pyridine rings is 1. The van der Waals surface area contributed by atoms with Gasteiger partial charge in [-0.15, -0.1) is 6.58 Å². The molecule has 0 bridgehead atoms. The number of aliphatic hydroxyl groups is 1. The zero-order valence-corrected chi connectivity index (χ0v) is 32.8. The summed E-state index contributed by atoms with van der Waals surface area (Å²) in [6, 6.07) is 7.71. The van der Waals surface area contributed by atoms with Crippen LogP contribution in [0.2, 0.25) is 5.02 Å². The van der Waals surface area contributed by atoms with Gasteiger partial charge < -0.3 is 15.7 Å². The first-order chi connectivity index (χ1) is 26.8. The number of aryl methyl sites for hydroxylation is 1. The van der Waals surface area contributed by atoms with Gasteiger partial charge >= 0.3 is 0 Å². The molecular weight excluding hydrogens is 844 g/mol. The number of nitrogens with one attached hydrogen (secondary N) is 2. The molecule has 0 radical (unpaired) electrons. The van der Waals surface area contributed by atoms with Crippen LogP contribution in [0.3, 0.4) is 0 Å². The van der Waals surface area contributed by atoms with Crippen molar-refractivity contribution >= 4 is 56.1 Å². The van der Waals surface area contributed by atoms with Crippen LogP contribution < -0.4 is 10.6 Å². The number of allylic oxidation sites excluding steroid dienone is 1. The fourth-order valence-electron chi connectivity index (χ4n) is 6.80. The minimum Gasteiger partial charge on any atom is -0.378 e. The molecule has 2 aromatic carbocycles. The van der Waals surface area contributed by atoms with Crippen molar-refractivity contribution in [2.75, 3.05) is 10.6 Å². The first-order valence-electron chi connectivity index (χ1n) is 17.2. The minimum atomic E-state index is -3.67. The summed E-state index contributed by atoms with van der Waals surface area (Å²) in [7, 11) is 1.60. The number of amides is 2. The van der Waals surface area contributed by atoms with Gasteiger partial charge in [-0.2, -0.15) is 19.0 Å². The predicted octanol–water partition coefficient (Wildman–Crippen LogP) is 7.71. The summed E-state index contributed by atoms with van der Waals surface area (Å²) in [5.41, 5.74) is -2.21. The summed E-state index contributed by atoms with van der Waals surface area (Å²) in [6.07, 6.45) is -3.04. The van der Waals surface area contributed by atoms with Gasteiger partial charge in [0.25, 0.3) is 12.3 Å². The minimum absolute atomic E-state index is 0.0388. The van der Waals surface area contributed by atoms with Crippen molar-refractivity contribution in [3.8, 4) is 23.0 Å². The number of anilines is 1. The van der Waals surface area contributed by atoms with Crippen molar-refractivity contribution < 1.29 is 41.0 Å². The number of benzene rings is 2. The van der Waals surface area contributed by atoms with E-state index < -0.39 is 77.7 Å². The second-order valence-electron chi connectivity index (χ2n) is 13.9. The SMILES string of the molecule is C=CC1Cc2c(C(F)F)nn(CC(=O)NC(Cc3cc(F)cc(F)c3)c3nc(C#CC(C)(C)O)ccc3-c3ccc(Cl)c4c(NC(=O)CBr)nn(C)c34)c2C1(F)F. The molecule has 10 nitrogen and oxygen atoms in total. The van der Waals surface area contributed by atoms with Crippen molar-refractivity contribution in [3.63, 3.8) is 0 Å². The maximum atomic E-state index is 15.5. The second kappa shape index (κ2) is 16.0. The Kier molecular flexibility index (Phi) is 11.6. The van der Waals surface area contributed by atoms with Gasteiger partial charge in [0.2, 0.25) is 11.8 Å². The third-order valence-corrected chi connectivity index (χ3v) is 9.95. The van der Waals surface area contributed by atoms with Gasteiger partial charge in [-0.3, -0.25) is 19.0 Å². The summed E-state index contributed by atoms with van der Waals surface area (Å²) in [6.45, 7) is 5.36. The number of hydrogen-bond acceptors (Lipinski definition) is 6. The van der Waals surface area contributed by atoms with E-state index in [2.05, 4.69) is 55.2 Å². The van der Waals surface area contributed by atoms with E-state index >= 15 is 8.78 Å². The monoisotopic (exact) mass is 875 g/mol. The molecule has 0 saturated carbocycles. The lowest BCUT2D eigenvalue weighted by Gasteiger charge is -2.23. The molecule has 0 aliphatic heterocycles. The summed E-state index contributed by atoms with van der Waals surface area (Å²) >= 11 is 9.74. The molecule has 57 heavy (non-hydrogen) atoms. The fraction of sp³-hybridized carbons (Fsp3) is 0.308. The summed E-state index contributed by atoms with van der Waals surface area (Å²) in [5.74, 6) is -2.87. The first-order valence-corrected chi connectivity index (χ1v) is 18.7. The Bertz CT molecular complexity index is 2470. The summed E-state index contributed by atoms with van der Waals surface area (Å²) in [4.78, 5) is 31.1. The first kappa shape index (κ1) is 41.5. The van der Waals surface area contributed by atoms with Gasteiger partial charge in [-0.1, -0.05) is 45.6 Å². The number of carbonyl (C=O) groups excluding carboxylic acids is 2. The number of aromatic nitrogens is 5. The van der Waals surface area contributed by atoms with E-state index in [1.54, 1.807) is 25.2 Å². The number of fused-ring (bicyclic) bond motifs is 2. The largest absolute Gasteiger partial charge is 0.378 e. The average molecular weight is 877 g/mol. The van der Waals surface area contributed by atoms with E-state index in [-0.39, 0.29) is 45.1 Å². The molecule has 2 amide bonds. The Morgan fingerprint density at radius 1 is 1.11 bits per heavy atom. The summed E-state index contributed by atoms with van der Waals surface area (Å²) < 4.78 is 90.3. The molecule has 1 aliphatic carbocycles. The number of hydrogen-bond donors (Lipinski definition) is 3. The van der Waals surface area contributed by atoms with Gasteiger partial charge in [-0.05, 0) is 68.5 Å². The Hall–Kier alpha value is -5.18. The molecule has 2 unspecified atom stereocenters. The molecule has 6 rings (SSSR count). The molecule has 3 N–H and O–H groups in total. The lowest BCUT2D eigenvalue weighted by atomic mass is 9.93. The standard InChI is InChI=1S/C39H33BrClF6N7O3/c1-5-20-15-26-33(36(44)45)51-54(35(26)39(20,46)47)18-30(56)49-28(14-19-12-21(42)16-22(43)13-19)32-24(7-6-23(48-32)10-11-38(2,3)57)25-8-9-27(41)31-34(25)53(4)52-37(31)50-29(55)17-40/h5-9,12-13,16,20,28,36,57H,1,14-15,17-18H2,2-4H3,(H,49,56)(H,50,52,55). The van der Waals surface area contributed by atoms with Crippen molar-refractivity contribution in [2.24, 2.45) is 13.0 Å². The van der Waals surface area contributed by atoms with Crippen molar-refractivity contribution in [1.29, 1.82) is 0 Å². The Labute approximate surface area is 335 Å². The molecule has 3 heterocycles. The maximum Gasteiger partial charge on any atom is 0.296 e. The van der Waals surface area contributed by atoms with Crippen LogP contribution in [0.25, 0.3) is 22.0 Å². The lowest BCUT2D eigenvalue weighted by Crippen LogP contribution is -2.35. The highest BCUT2D eigenvalue weighted by atomic mass is 79.9. The van der Waals surface area contributed by atoms with Crippen LogP contribution in [0, 0.1) is 29.4 Å². The van der Waals surface area contributed by atoms with Crippen LogP contribution in [-0.4, -0.2) is 52.4 Å². The third kappa shape index (κ3) is 8.58. The highest BCUT2D eigenvalue weighted by Crippen LogP contribution is 2.49. The van der Waals surface area contributed by atoms with Crippen LogP contribution in [0.5, 0.6) is 0 Å². The van der Waals surface area contributed by atoms with Crippen molar-refractivity contribution in [3.05, 3.63) is 106 Å². The molecule has 1 aliphatic rings. The van der Waals surface area contributed by atoms with Gasteiger partial charge in [-0.25, -0.2) is 22.5 Å². The summed E-state index contributed by atoms with van der Waals surface area (Å²) in [5, 5.41) is 24.4. The third-order valence-electron chi connectivity index (χ3n) is 9.13. The average Bonchev–Trinajstić information content (AvgIpc) is 3.75. The van der Waals surface area contributed by atoms with E-state index in [9.17, 15) is 32.3 Å². The molecule has 0 saturated heterocycles. The van der Waals surface area contributed by atoms with Crippen LogP contribution in [0.15, 0.2) is 55.1 Å². The van der Waals surface area contributed by atoms with Gasteiger partial charge in [0.1, 0.15) is 40.9 Å². The fourth-order valence-corrected chi connectivity index (χ4v) is 7.18. The van der Waals surface area contributed by atoms with E-state index in [0.717, 1.165) is 18.2 Å². The van der Waals surface area contributed by atoms with Crippen molar-refractivity contribution in [1.82, 2.24) is 29.9 Å². The molecule has 18 heteroatoms. The van der Waals surface area contributed by atoms with E-state index in [0.29, 0.717) is 32.8 Å². The number of rotatable bonds is 11. The van der Waals surface area contributed by atoms with E-state index in [1.807, 2.05) is 0 Å². The van der Waals surface area contributed by atoms with Gasteiger partial charge in [0.05, 0.1) is 38.9 Å². The molecular formula is C39H33BrClF6N7O3. The molecule has 298 valence electrons. The zero-order chi connectivity index (χ0) is 41.6. The number of carbonyl (C=O) groups is 2. The Balaban J connectivity index is 1.53. The van der Waals surface area contributed by atoms with Crippen LogP contribution >= 0.6 is 27.5 Å². The molecule has 3 aromatic heterocycles. The maximum absolute atomic E-state index is 15.5. The van der Waals surface area contributed by atoms with E-state index in [1.165, 1.54) is 24.6 Å². The van der Waals surface area contributed by atoms with Crippen LogP contribution in [-0.2, 0) is 41.9 Å². The Morgan fingerprint density at radius 2 is 1.79 bits per heavy atom. The van der Waals surface area contributed by atoms with Crippen molar-refractivity contribution in [2.45, 2.75) is 57.2 Å². The van der Waals surface area contributed by atoms with E-state index in [4.69, 9.17) is 16.6 Å². The second-order valence-corrected chi connectivity index (χ2v) is 14.8. The highest BCUT2D eigenvalue weighted by Gasteiger charge is 2.52. The lowest BCUT2D eigenvalue weighted by molar-refractivity contribution is -0.123. The topological polar surface area (TPSA) is 127 Å². The predicted molar refractivity (Wildman–Crippen MR) is 204 cm³/mol. The number of nitrogens with zero attached hydrogens (tertiary/aromatic N) is 5.